The van der Waals surface area contributed by atoms with Gasteiger partial charge in [0.2, 0.25) is 0 Å². The van der Waals surface area contributed by atoms with Crippen LogP contribution in [0, 0.1) is 0 Å². The zero-order valence-electron chi connectivity index (χ0n) is 7.55. The highest BCUT2D eigenvalue weighted by atomic mass is 16.3. The molecular formula is C12H10O2. The highest BCUT2D eigenvalue weighted by Crippen LogP contribution is 2.23. The molecule has 1 atom stereocenters. The summed E-state index contributed by atoms with van der Waals surface area (Å²) in [5.41, 5.74) is 0.911. The minimum absolute atomic E-state index is 0.00833. The number of allylic oxidation sites excluding steroid dienone is 3. The second-order valence-corrected chi connectivity index (χ2v) is 3.22. The van der Waals surface area contributed by atoms with Crippen LogP contribution in [0.4, 0.5) is 0 Å². The molecule has 0 aliphatic heterocycles. The van der Waals surface area contributed by atoms with E-state index in [0.717, 1.165) is 5.56 Å². The van der Waals surface area contributed by atoms with Crippen LogP contribution in [0.3, 0.4) is 0 Å². The van der Waals surface area contributed by atoms with E-state index in [9.17, 15) is 9.90 Å². The molecule has 0 aromatic heterocycles. The quantitative estimate of drug-likeness (QED) is 0.731. The van der Waals surface area contributed by atoms with Gasteiger partial charge in [-0.15, -0.1) is 0 Å². The molecule has 0 fully saturated rings. The van der Waals surface area contributed by atoms with Crippen molar-refractivity contribution in [1.82, 2.24) is 0 Å². The van der Waals surface area contributed by atoms with Gasteiger partial charge in [0.05, 0.1) is 5.92 Å². The predicted molar refractivity (Wildman–Crippen MR) is 54.0 cm³/mol. The van der Waals surface area contributed by atoms with Gasteiger partial charge in [-0.25, -0.2) is 0 Å². The van der Waals surface area contributed by atoms with Gasteiger partial charge in [0.1, 0.15) is 5.76 Å². The van der Waals surface area contributed by atoms with Gasteiger partial charge in [-0.3, -0.25) is 4.79 Å². The Morgan fingerprint density at radius 3 is 2.50 bits per heavy atom. The van der Waals surface area contributed by atoms with Gasteiger partial charge < -0.3 is 5.11 Å². The largest absolute Gasteiger partial charge is 0.508 e. The van der Waals surface area contributed by atoms with Crippen molar-refractivity contribution in [2.75, 3.05) is 0 Å². The van der Waals surface area contributed by atoms with E-state index in [1.807, 2.05) is 30.3 Å². The van der Waals surface area contributed by atoms with Crippen LogP contribution in [0.25, 0.3) is 0 Å². The first-order valence-electron chi connectivity index (χ1n) is 4.45. The van der Waals surface area contributed by atoms with Crippen LogP contribution < -0.4 is 0 Å². The number of ketones is 1. The molecule has 1 aliphatic carbocycles. The predicted octanol–water partition coefficient (Wildman–Crippen LogP) is 2.35. The Hall–Kier alpha value is -1.83. The summed E-state index contributed by atoms with van der Waals surface area (Å²) < 4.78 is 0. The van der Waals surface area contributed by atoms with Crippen molar-refractivity contribution in [3.05, 3.63) is 59.9 Å². The topological polar surface area (TPSA) is 37.3 Å². The monoisotopic (exact) mass is 186 g/mol. The lowest BCUT2D eigenvalue weighted by Crippen LogP contribution is -2.11. The summed E-state index contributed by atoms with van der Waals surface area (Å²) in [5.74, 6) is -0.173. The zero-order chi connectivity index (χ0) is 9.97. The number of carbonyl (C=O) groups excluding carboxylic acids is 1. The number of benzene rings is 1. The first-order valence-corrected chi connectivity index (χ1v) is 4.45. The third-order valence-corrected chi connectivity index (χ3v) is 2.22. The molecule has 2 nitrogen and oxygen atoms in total. The van der Waals surface area contributed by atoms with Crippen molar-refractivity contribution in [3.63, 3.8) is 0 Å². The molecule has 1 aromatic rings. The Morgan fingerprint density at radius 2 is 1.79 bits per heavy atom. The van der Waals surface area contributed by atoms with Crippen molar-refractivity contribution in [2.45, 2.75) is 5.92 Å². The SMILES string of the molecule is O=C1C=CC(O)=CC1c1ccccc1. The third kappa shape index (κ3) is 1.59. The highest BCUT2D eigenvalue weighted by Gasteiger charge is 2.18. The molecule has 1 aromatic carbocycles. The van der Waals surface area contributed by atoms with Crippen molar-refractivity contribution < 1.29 is 9.90 Å². The second kappa shape index (κ2) is 3.50. The van der Waals surface area contributed by atoms with Gasteiger partial charge in [0, 0.05) is 0 Å². The average Bonchev–Trinajstić information content (AvgIpc) is 2.23. The number of carbonyl (C=O) groups is 1. The van der Waals surface area contributed by atoms with Gasteiger partial charge in [0.25, 0.3) is 0 Å². The normalized spacial score (nSPS) is 20.7. The highest BCUT2D eigenvalue weighted by molar-refractivity contribution is 5.98. The van der Waals surface area contributed by atoms with E-state index in [1.54, 1.807) is 6.08 Å². The molecule has 0 heterocycles. The Bertz CT molecular complexity index is 402. The lowest BCUT2D eigenvalue weighted by molar-refractivity contribution is -0.115. The minimum Gasteiger partial charge on any atom is -0.508 e. The molecule has 0 saturated carbocycles. The van der Waals surface area contributed by atoms with Crippen LogP contribution in [0.1, 0.15) is 11.5 Å². The third-order valence-electron chi connectivity index (χ3n) is 2.22. The van der Waals surface area contributed by atoms with Gasteiger partial charge in [0.15, 0.2) is 5.78 Å². The van der Waals surface area contributed by atoms with Crippen LogP contribution in [0.2, 0.25) is 0 Å². The maximum absolute atomic E-state index is 11.5. The van der Waals surface area contributed by atoms with Crippen LogP contribution in [-0.2, 0) is 4.79 Å². The standard InChI is InChI=1S/C12H10O2/c13-10-6-7-12(14)11(8-10)9-4-2-1-3-5-9/h1-8,11,13H. The Kier molecular flexibility index (Phi) is 2.19. The summed E-state index contributed by atoms with van der Waals surface area (Å²) in [5, 5.41) is 9.28. The van der Waals surface area contributed by atoms with E-state index in [0.29, 0.717) is 0 Å². The summed E-state index contributed by atoms with van der Waals surface area (Å²) in [6.07, 6.45) is 4.40. The molecule has 14 heavy (non-hydrogen) atoms. The first-order chi connectivity index (χ1) is 6.77. The van der Waals surface area contributed by atoms with Crippen molar-refractivity contribution in [2.24, 2.45) is 0 Å². The Morgan fingerprint density at radius 1 is 1.07 bits per heavy atom. The van der Waals surface area contributed by atoms with Crippen LogP contribution in [0.15, 0.2) is 54.3 Å². The summed E-state index contributed by atoms with van der Waals surface area (Å²) in [6, 6.07) is 9.42. The summed E-state index contributed by atoms with van der Waals surface area (Å²) in [6.45, 7) is 0. The summed E-state index contributed by atoms with van der Waals surface area (Å²) in [4.78, 5) is 11.5. The summed E-state index contributed by atoms with van der Waals surface area (Å²) in [7, 11) is 0. The van der Waals surface area contributed by atoms with E-state index in [-0.39, 0.29) is 17.5 Å². The first kappa shape index (κ1) is 8.75. The molecular weight excluding hydrogens is 176 g/mol. The molecule has 0 bridgehead atoms. The van der Waals surface area contributed by atoms with Gasteiger partial charge in [-0.2, -0.15) is 0 Å². The van der Waals surface area contributed by atoms with Crippen LogP contribution >= 0.6 is 0 Å². The number of aliphatic hydroxyl groups is 1. The lowest BCUT2D eigenvalue weighted by Gasteiger charge is -2.13. The fourth-order valence-electron chi connectivity index (χ4n) is 1.50. The van der Waals surface area contributed by atoms with Gasteiger partial charge in [-0.1, -0.05) is 30.3 Å². The molecule has 0 amide bonds. The second-order valence-electron chi connectivity index (χ2n) is 3.22. The van der Waals surface area contributed by atoms with Crippen molar-refractivity contribution in [1.29, 1.82) is 0 Å². The molecule has 2 heteroatoms. The molecule has 0 spiro atoms. The zero-order valence-corrected chi connectivity index (χ0v) is 7.55. The number of hydrogen-bond acceptors (Lipinski definition) is 2. The fourth-order valence-corrected chi connectivity index (χ4v) is 1.50. The van der Waals surface area contributed by atoms with E-state index >= 15 is 0 Å². The van der Waals surface area contributed by atoms with E-state index in [1.165, 1.54) is 12.2 Å². The Balaban J connectivity index is 2.36. The Labute approximate surface area is 82.2 Å². The molecule has 1 N–H and O–H groups in total. The lowest BCUT2D eigenvalue weighted by atomic mass is 9.91. The number of rotatable bonds is 1. The molecule has 2 rings (SSSR count). The van der Waals surface area contributed by atoms with E-state index in [4.69, 9.17) is 0 Å². The van der Waals surface area contributed by atoms with Crippen LogP contribution in [0.5, 0.6) is 0 Å². The molecule has 1 unspecified atom stereocenters. The van der Waals surface area contributed by atoms with E-state index < -0.39 is 0 Å². The molecule has 70 valence electrons. The van der Waals surface area contributed by atoms with Crippen LogP contribution in [-0.4, -0.2) is 10.9 Å². The molecule has 0 radical (unpaired) electrons. The number of hydrogen-bond donors (Lipinski definition) is 1. The molecule has 1 aliphatic rings. The van der Waals surface area contributed by atoms with Gasteiger partial charge in [-0.05, 0) is 23.8 Å². The smallest absolute Gasteiger partial charge is 0.167 e. The van der Waals surface area contributed by atoms with Crippen molar-refractivity contribution >= 4 is 5.78 Å². The summed E-state index contributed by atoms with van der Waals surface area (Å²) >= 11 is 0. The minimum atomic E-state index is -0.332. The molecule has 0 saturated heterocycles. The van der Waals surface area contributed by atoms with E-state index in [2.05, 4.69) is 0 Å². The number of aliphatic hydroxyl groups excluding tert-OH is 1. The van der Waals surface area contributed by atoms with Crippen molar-refractivity contribution in [3.8, 4) is 0 Å². The maximum Gasteiger partial charge on any atom is 0.167 e. The fraction of sp³-hybridized carbons (Fsp3) is 0.0833. The maximum atomic E-state index is 11.5. The average molecular weight is 186 g/mol. The van der Waals surface area contributed by atoms with Gasteiger partial charge >= 0.3 is 0 Å².